The molecule has 1 aliphatic carbocycles. The highest BCUT2D eigenvalue weighted by Crippen LogP contribution is 2.48. The molecule has 1 saturated carbocycles. The molecule has 2 amide bonds. The average molecular weight is 592 g/mol. The number of ether oxygens (including phenoxy) is 3. The molecule has 222 valence electrons. The fourth-order valence-electron chi connectivity index (χ4n) is 4.47. The molecule has 41 heavy (non-hydrogen) atoms. The van der Waals surface area contributed by atoms with Gasteiger partial charge in [-0.3, -0.25) is 13.9 Å². The summed E-state index contributed by atoms with van der Waals surface area (Å²) in [6, 6.07) is 9.10. The van der Waals surface area contributed by atoms with E-state index in [1.807, 2.05) is 6.07 Å². The smallest absolute Gasteiger partial charge is 0.255 e. The van der Waals surface area contributed by atoms with Crippen LogP contribution in [0.1, 0.15) is 34.7 Å². The summed E-state index contributed by atoms with van der Waals surface area (Å²) in [6.45, 7) is 0.968. The topological polar surface area (TPSA) is 150 Å². The van der Waals surface area contributed by atoms with Gasteiger partial charge in [0.2, 0.25) is 15.9 Å². The Morgan fingerprint density at radius 3 is 2.27 bits per heavy atom. The SMILES string of the molecule is CNC(=O)c1c(-c2ccc(F)cc2)oc2cc(N(CCOCCOCCOCC(N)=O)S(C)(=O)=O)c(C3CC3)cc12. The third-order valence-electron chi connectivity index (χ3n) is 6.51. The van der Waals surface area contributed by atoms with Gasteiger partial charge in [-0.25, -0.2) is 12.8 Å². The van der Waals surface area contributed by atoms with Gasteiger partial charge in [0.15, 0.2) is 0 Å². The summed E-state index contributed by atoms with van der Waals surface area (Å²) in [7, 11) is -2.19. The van der Waals surface area contributed by atoms with Crippen LogP contribution in [0, 0.1) is 5.82 Å². The Morgan fingerprint density at radius 1 is 1.05 bits per heavy atom. The number of benzene rings is 2. The molecule has 11 nitrogen and oxygen atoms in total. The second kappa shape index (κ2) is 13.4. The molecule has 1 aliphatic rings. The number of anilines is 1. The quantitative estimate of drug-likeness (QED) is 0.242. The monoisotopic (exact) mass is 591 g/mol. The number of fused-ring (bicyclic) bond motifs is 1. The van der Waals surface area contributed by atoms with Crippen LogP contribution in [0.25, 0.3) is 22.3 Å². The highest BCUT2D eigenvalue weighted by molar-refractivity contribution is 7.92. The Balaban J connectivity index is 1.55. The van der Waals surface area contributed by atoms with E-state index in [1.165, 1.54) is 35.6 Å². The molecule has 0 atom stereocenters. The van der Waals surface area contributed by atoms with Crippen molar-refractivity contribution in [3.05, 3.63) is 53.3 Å². The van der Waals surface area contributed by atoms with Crippen molar-refractivity contribution in [2.45, 2.75) is 18.8 Å². The molecule has 0 saturated heterocycles. The van der Waals surface area contributed by atoms with E-state index in [0.29, 0.717) is 27.8 Å². The standard InChI is InChI=1S/C28H34FN3O8S/c1-31-28(34)26-22-15-21(18-3-4-18)23(16-24(22)40-27(26)19-5-7-20(29)8-6-19)32(41(2,35)36)9-10-37-11-12-38-13-14-39-17-25(30)33/h5-8,15-16,18H,3-4,9-14,17H2,1-2H3,(H2,30,33)(H,31,34). The molecule has 4 rings (SSSR count). The third-order valence-corrected chi connectivity index (χ3v) is 7.69. The number of sulfonamides is 1. The molecular formula is C28H34FN3O8S. The van der Waals surface area contributed by atoms with Crippen LogP contribution in [0.5, 0.6) is 0 Å². The lowest BCUT2D eigenvalue weighted by molar-refractivity contribution is -0.123. The van der Waals surface area contributed by atoms with E-state index >= 15 is 0 Å². The zero-order valence-corrected chi connectivity index (χ0v) is 23.8. The Morgan fingerprint density at radius 2 is 1.68 bits per heavy atom. The first-order valence-electron chi connectivity index (χ1n) is 13.2. The molecule has 0 spiro atoms. The van der Waals surface area contributed by atoms with E-state index in [4.69, 9.17) is 24.4 Å². The van der Waals surface area contributed by atoms with Crippen LogP contribution in [-0.2, 0) is 29.0 Å². The Hall–Kier alpha value is -3.52. The van der Waals surface area contributed by atoms with Crippen LogP contribution < -0.4 is 15.4 Å². The maximum atomic E-state index is 13.6. The Bertz CT molecular complexity index is 1490. The predicted octanol–water partition coefficient (Wildman–Crippen LogP) is 2.78. The molecule has 0 bridgehead atoms. The number of carbonyl (C=O) groups excluding carboxylic acids is 2. The maximum absolute atomic E-state index is 13.6. The number of nitrogens with two attached hydrogens (primary N) is 1. The number of hydrogen-bond acceptors (Lipinski definition) is 8. The minimum absolute atomic E-state index is 0.0552. The second-order valence-electron chi connectivity index (χ2n) is 9.65. The summed E-state index contributed by atoms with van der Waals surface area (Å²) in [5.41, 5.74) is 7.42. The molecule has 1 aromatic heterocycles. The van der Waals surface area contributed by atoms with Crippen LogP contribution in [0.15, 0.2) is 40.8 Å². The molecule has 0 unspecified atom stereocenters. The molecule has 1 fully saturated rings. The minimum Gasteiger partial charge on any atom is -0.455 e. The molecular weight excluding hydrogens is 557 g/mol. The van der Waals surface area contributed by atoms with Crippen LogP contribution in [-0.4, -0.2) is 79.7 Å². The van der Waals surface area contributed by atoms with Crippen LogP contribution in [0.3, 0.4) is 0 Å². The van der Waals surface area contributed by atoms with E-state index in [-0.39, 0.29) is 63.8 Å². The minimum atomic E-state index is -3.71. The number of rotatable bonds is 16. The number of hydrogen-bond donors (Lipinski definition) is 2. The first-order valence-corrected chi connectivity index (χ1v) is 15.0. The van der Waals surface area contributed by atoms with Gasteiger partial charge in [0.1, 0.15) is 23.8 Å². The van der Waals surface area contributed by atoms with Gasteiger partial charge in [0.25, 0.3) is 5.91 Å². The first-order chi connectivity index (χ1) is 19.6. The first kappa shape index (κ1) is 30.4. The van der Waals surface area contributed by atoms with Crippen molar-refractivity contribution < 1.29 is 41.0 Å². The van der Waals surface area contributed by atoms with Crippen molar-refractivity contribution in [2.24, 2.45) is 5.73 Å². The van der Waals surface area contributed by atoms with Crippen molar-refractivity contribution >= 4 is 38.5 Å². The molecule has 13 heteroatoms. The summed E-state index contributed by atoms with van der Waals surface area (Å²) in [5.74, 6) is -0.928. The largest absolute Gasteiger partial charge is 0.455 e. The summed E-state index contributed by atoms with van der Waals surface area (Å²) in [4.78, 5) is 23.6. The normalized spacial score (nSPS) is 13.4. The van der Waals surface area contributed by atoms with Gasteiger partial charge in [-0.2, -0.15) is 0 Å². The van der Waals surface area contributed by atoms with Gasteiger partial charge in [-0.05, 0) is 54.7 Å². The van der Waals surface area contributed by atoms with Crippen molar-refractivity contribution in [1.82, 2.24) is 5.32 Å². The maximum Gasteiger partial charge on any atom is 0.255 e. The van der Waals surface area contributed by atoms with E-state index in [1.54, 1.807) is 6.07 Å². The lowest BCUT2D eigenvalue weighted by Gasteiger charge is -2.25. The molecule has 3 N–H and O–H groups in total. The van der Waals surface area contributed by atoms with E-state index in [2.05, 4.69) is 5.32 Å². The summed E-state index contributed by atoms with van der Waals surface area (Å²) >= 11 is 0. The number of nitrogens with zero attached hydrogens (tertiary/aromatic N) is 1. The number of amides is 2. The lowest BCUT2D eigenvalue weighted by atomic mass is 10.0. The number of halogens is 1. The van der Waals surface area contributed by atoms with Gasteiger partial charge in [0, 0.05) is 24.1 Å². The van der Waals surface area contributed by atoms with Gasteiger partial charge in [-0.15, -0.1) is 0 Å². The predicted molar refractivity (Wildman–Crippen MR) is 151 cm³/mol. The van der Waals surface area contributed by atoms with E-state index in [9.17, 15) is 22.4 Å². The van der Waals surface area contributed by atoms with Crippen LogP contribution >= 0.6 is 0 Å². The third kappa shape index (κ3) is 7.82. The Kier molecular flexibility index (Phi) is 9.97. The van der Waals surface area contributed by atoms with Crippen molar-refractivity contribution in [3.8, 4) is 11.3 Å². The highest BCUT2D eigenvalue weighted by atomic mass is 32.2. The number of carbonyl (C=O) groups is 2. The molecule has 0 aliphatic heterocycles. The number of primary amides is 1. The lowest BCUT2D eigenvalue weighted by Crippen LogP contribution is -2.34. The van der Waals surface area contributed by atoms with Crippen molar-refractivity contribution in [2.75, 3.05) is 63.8 Å². The fraction of sp³-hybridized carbons (Fsp3) is 0.429. The van der Waals surface area contributed by atoms with E-state index < -0.39 is 21.7 Å². The van der Waals surface area contributed by atoms with Gasteiger partial charge in [-0.1, -0.05) is 0 Å². The van der Waals surface area contributed by atoms with Crippen LogP contribution in [0.4, 0.5) is 10.1 Å². The summed E-state index contributed by atoms with van der Waals surface area (Å²) in [5, 5.41) is 3.19. The fourth-order valence-corrected chi connectivity index (χ4v) is 5.39. The van der Waals surface area contributed by atoms with Crippen molar-refractivity contribution in [3.63, 3.8) is 0 Å². The molecule has 1 heterocycles. The second-order valence-corrected chi connectivity index (χ2v) is 11.6. The molecule has 0 radical (unpaired) electrons. The zero-order valence-electron chi connectivity index (χ0n) is 23.0. The average Bonchev–Trinajstić information content (AvgIpc) is 3.70. The van der Waals surface area contributed by atoms with Crippen LogP contribution in [0.2, 0.25) is 0 Å². The zero-order chi connectivity index (χ0) is 29.6. The number of furan rings is 1. The molecule has 3 aromatic rings. The van der Waals surface area contributed by atoms with Gasteiger partial charge >= 0.3 is 0 Å². The van der Waals surface area contributed by atoms with Gasteiger partial charge < -0.3 is 29.7 Å². The van der Waals surface area contributed by atoms with Gasteiger partial charge in [0.05, 0.1) is 57.1 Å². The summed E-state index contributed by atoms with van der Waals surface area (Å²) in [6.07, 6.45) is 2.92. The highest BCUT2D eigenvalue weighted by Gasteiger charge is 2.33. The Labute approximate surface area is 237 Å². The summed E-state index contributed by atoms with van der Waals surface area (Å²) < 4.78 is 62.8. The number of nitrogens with one attached hydrogen (secondary N) is 1. The van der Waals surface area contributed by atoms with Crippen molar-refractivity contribution in [1.29, 1.82) is 0 Å². The molecule has 2 aromatic carbocycles. The van der Waals surface area contributed by atoms with E-state index in [0.717, 1.165) is 24.7 Å².